The maximum atomic E-state index is 12.3. The van der Waals surface area contributed by atoms with Crippen LogP contribution in [0.2, 0.25) is 0 Å². The fourth-order valence-corrected chi connectivity index (χ4v) is 3.06. The van der Waals surface area contributed by atoms with Crippen LogP contribution in [0.15, 0.2) is 56.5 Å². The van der Waals surface area contributed by atoms with Crippen molar-refractivity contribution >= 4 is 27.8 Å². The van der Waals surface area contributed by atoms with E-state index in [0.29, 0.717) is 25.4 Å². The summed E-state index contributed by atoms with van der Waals surface area (Å²) in [6, 6.07) is 11.6. The molecule has 0 radical (unpaired) electrons. The van der Waals surface area contributed by atoms with Gasteiger partial charge in [0.05, 0.1) is 6.26 Å². The van der Waals surface area contributed by atoms with Crippen molar-refractivity contribution in [2.75, 3.05) is 33.2 Å². The standard InChI is InChI=1S/C18H21BrN4O2/c1-20-18(21-13-14-4-6-15(19)7-5-14)23-10-8-22(9-11-23)17(24)16-3-2-12-25-16/h2-7,12H,8-11,13H2,1H3,(H,20,21). The Morgan fingerprint density at radius 2 is 1.84 bits per heavy atom. The van der Waals surface area contributed by atoms with Gasteiger partial charge in [0.2, 0.25) is 0 Å². The van der Waals surface area contributed by atoms with E-state index in [1.165, 1.54) is 11.8 Å². The van der Waals surface area contributed by atoms with Crippen LogP contribution in [0.5, 0.6) is 0 Å². The molecule has 0 spiro atoms. The summed E-state index contributed by atoms with van der Waals surface area (Å²) in [5.41, 5.74) is 1.19. The minimum atomic E-state index is -0.0533. The predicted octanol–water partition coefficient (Wildman–Crippen LogP) is 2.58. The molecule has 2 aromatic rings. The molecule has 0 bridgehead atoms. The Labute approximate surface area is 155 Å². The summed E-state index contributed by atoms with van der Waals surface area (Å²) in [6.45, 7) is 3.50. The third-order valence-corrected chi connectivity index (χ3v) is 4.70. The molecule has 1 saturated heterocycles. The lowest BCUT2D eigenvalue weighted by Crippen LogP contribution is -2.53. The van der Waals surface area contributed by atoms with Crippen molar-refractivity contribution in [1.82, 2.24) is 15.1 Å². The molecule has 25 heavy (non-hydrogen) atoms. The first kappa shape index (κ1) is 17.5. The van der Waals surface area contributed by atoms with Gasteiger partial charge in [-0.25, -0.2) is 0 Å². The maximum Gasteiger partial charge on any atom is 0.289 e. The first-order chi connectivity index (χ1) is 12.2. The number of benzene rings is 1. The van der Waals surface area contributed by atoms with Gasteiger partial charge in [-0.15, -0.1) is 0 Å². The van der Waals surface area contributed by atoms with E-state index in [9.17, 15) is 4.79 Å². The summed E-state index contributed by atoms with van der Waals surface area (Å²) < 4.78 is 6.26. The van der Waals surface area contributed by atoms with Crippen LogP contribution in [0, 0.1) is 0 Å². The van der Waals surface area contributed by atoms with E-state index in [-0.39, 0.29) is 5.91 Å². The highest BCUT2D eigenvalue weighted by Crippen LogP contribution is 2.11. The molecule has 1 aliphatic heterocycles. The smallest absolute Gasteiger partial charge is 0.289 e. The number of carbonyl (C=O) groups excluding carboxylic acids is 1. The lowest BCUT2D eigenvalue weighted by atomic mass is 10.2. The van der Waals surface area contributed by atoms with E-state index in [1.807, 2.05) is 17.0 Å². The first-order valence-electron chi connectivity index (χ1n) is 8.20. The van der Waals surface area contributed by atoms with Crippen molar-refractivity contribution in [3.05, 3.63) is 58.5 Å². The molecule has 1 fully saturated rings. The number of carbonyl (C=O) groups is 1. The molecular weight excluding hydrogens is 384 g/mol. The van der Waals surface area contributed by atoms with E-state index >= 15 is 0 Å². The monoisotopic (exact) mass is 404 g/mol. The van der Waals surface area contributed by atoms with Gasteiger partial charge in [-0.05, 0) is 29.8 Å². The highest BCUT2D eigenvalue weighted by atomic mass is 79.9. The Bertz CT molecular complexity index is 720. The van der Waals surface area contributed by atoms with Crippen molar-refractivity contribution in [2.24, 2.45) is 4.99 Å². The van der Waals surface area contributed by atoms with Crippen molar-refractivity contribution in [1.29, 1.82) is 0 Å². The van der Waals surface area contributed by atoms with E-state index < -0.39 is 0 Å². The Morgan fingerprint density at radius 1 is 1.16 bits per heavy atom. The highest BCUT2D eigenvalue weighted by molar-refractivity contribution is 9.10. The van der Waals surface area contributed by atoms with Crippen LogP contribution >= 0.6 is 15.9 Å². The summed E-state index contributed by atoms with van der Waals surface area (Å²) >= 11 is 3.44. The molecule has 1 aliphatic rings. The first-order valence-corrected chi connectivity index (χ1v) is 8.99. The fourth-order valence-electron chi connectivity index (χ4n) is 2.79. The molecule has 6 nitrogen and oxygen atoms in total. The predicted molar refractivity (Wildman–Crippen MR) is 101 cm³/mol. The zero-order chi connectivity index (χ0) is 17.6. The van der Waals surface area contributed by atoms with Gasteiger partial charge < -0.3 is 19.5 Å². The Kier molecular flexibility index (Phi) is 5.75. The van der Waals surface area contributed by atoms with Crippen molar-refractivity contribution in [2.45, 2.75) is 6.54 Å². The molecular formula is C18H21BrN4O2. The minimum Gasteiger partial charge on any atom is -0.459 e. The lowest BCUT2D eigenvalue weighted by molar-refractivity contribution is 0.0657. The summed E-state index contributed by atoms with van der Waals surface area (Å²) in [5.74, 6) is 1.20. The number of furan rings is 1. The van der Waals surface area contributed by atoms with E-state index in [4.69, 9.17) is 4.42 Å². The molecule has 7 heteroatoms. The van der Waals surface area contributed by atoms with E-state index in [2.05, 4.69) is 43.3 Å². The molecule has 0 atom stereocenters. The van der Waals surface area contributed by atoms with Crippen molar-refractivity contribution in [3.8, 4) is 0 Å². The third-order valence-electron chi connectivity index (χ3n) is 4.17. The molecule has 3 rings (SSSR count). The minimum absolute atomic E-state index is 0.0533. The summed E-state index contributed by atoms with van der Waals surface area (Å²) in [4.78, 5) is 20.7. The van der Waals surface area contributed by atoms with Crippen LogP contribution in [0.1, 0.15) is 16.1 Å². The quantitative estimate of drug-likeness (QED) is 0.630. The average molecular weight is 405 g/mol. The van der Waals surface area contributed by atoms with Gasteiger partial charge in [-0.1, -0.05) is 28.1 Å². The molecule has 0 aliphatic carbocycles. The number of rotatable bonds is 3. The fraction of sp³-hybridized carbons (Fsp3) is 0.333. The molecule has 1 N–H and O–H groups in total. The number of guanidine groups is 1. The largest absolute Gasteiger partial charge is 0.459 e. The number of halogens is 1. The second-order valence-electron chi connectivity index (χ2n) is 5.78. The Hall–Kier alpha value is -2.28. The zero-order valence-corrected chi connectivity index (χ0v) is 15.7. The second-order valence-corrected chi connectivity index (χ2v) is 6.70. The van der Waals surface area contributed by atoms with Gasteiger partial charge in [0.15, 0.2) is 11.7 Å². The number of piperazine rings is 1. The third kappa shape index (κ3) is 4.42. The molecule has 1 aromatic carbocycles. The number of nitrogens with one attached hydrogen (secondary N) is 1. The van der Waals surface area contributed by atoms with Gasteiger partial charge in [0, 0.05) is 44.2 Å². The van der Waals surface area contributed by atoms with Crippen LogP contribution < -0.4 is 5.32 Å². The number of aliphatic imine (C=N–C) groups is 1. The zero-order valence-electron chi connectivity index (χ0n) is 14.1. The summed E-state index contributed by atoms with van der Waals surface area (Å²) in [7, 11) is 1.78. The molecule has 0 unspecified atom stereocenters. The molecule has 2 heterocycles. The number of hydrogen-bond donors (Lipinski definition) is 1. The van der Waals surface area contributed by atoms with Crippen LogP contribution in [-0.2, 0) is 6.54 Å². The van der Waals surface area contributed by atoms with Gasteiger partial charge in [-0.2, -0.15) is 0 Å². The number of amides is 1. The molecule has 132 valence electrons. The Morgan fingerprint density at radius 3 is 2.44 bits per heavy atom. The molecule has 0 saturated carbocycles. The average Bonchev–Trinajstić information content (AvgIpc) is 3.18. The number of nitrogens with zero attached hydrogens (tertiary/aromatic N) is 3. The molecule has 1 aromatic heterocycles. The van der Waals surface area contributed by atoms with Crippen LogP contribution in [0.25, 0.3) is 0 Å². The van der Waals surface area contributed by atoms with Crippen molar-refractivity contribution < 1.29 is 9.21 Å². The topological polar surface area (TPSA) is 61.1 Å². The van der Waals surface area contributed by atoms with Crippen molar-refractivity contribution in [3.63, 3.8) is 0 Å². The van der Waals surface area contributed by atoms with Gasteiger partial charge in [0.1, 0.15) is 0 Å². The van der Waals surface area contributed by atoms with E-state index in [1.54, 1.807) is 19.2 Å². The SMILES string of the molecule is CN=C(NCc1ccc(Br)cc1)N1CCN(C(=O)c2ccco2)CC1. The normalized spacial score (nSPS) is 15.4. The summed E-state index contributed by atoms with van der Waals surface area (Å²) in [6.07, 6.45) is 1.53. The highest BCUT2D eigenvalue weighted by Gasteiger charge is 2.25. The summed E-state index contributed by atoms with van der Waals surface area (Å²) in [5, 5.41) is 3.39. The molecule has 1 amide bonds. The number of hydrogen-bond acceptors (Lipinski definition) is 3. The Balaban J connectivity index is 1.52. The van der Waals surface area contributed by atoms with Crippen LogP contribution in [-0.4, -0.2) is 54.9 Å². The van der Waals surface area contributed by atoms with E-state index in [0.717, 1.165) is 23.5 Å². The van der Waals surface area contributed by atoms with Crippen LogP contribution in [0.4, 0.5) is 0 Å². The van der Waals surface area contributed by atoms with Gasteiger partial charge in [0.25, 0.3) is 5.91 Å². The lowest BCUT2D eigenvalue weighted by Gasteiger charge is -2.36. The van der Waals surface area contributed by atoms with Gasteiger partial charge >= 0.3 is 0 Å². The van der Waals surface area contributed by atoms with Crippen LogP contribution in [0.3, 0.4) is 0 Å². The van der Waals surface area contributed by atoms with Gasteiger partial charge in [-0.3, -0.25) is 9.79 Å². The maximum absolute atomic E-state index is 12.3. The second kappa shape index (κ2) is 8.20.